The van der Waals surface area contributed by atoms with E-state index < -0.39 is 0 Å². The van der Waals surface area contributed by atoms with Crippen LogP contribution in [0.5, 0.6) is 0 Å². The van der Waals surface area contributed by atoms with Crippen LogP contribution < -0.4 is 5.32 Å². The molecule has 2 unspecified atom stereocenters. The molecule has 1 amide bonds. The smallest absolute Gasteiger partial charge is 0.223 e. The van der Waals surface area contributed by atoms with Gasteiger partial charge in [0.05, 0.1) is 17.8 Å². The molecule has 0 radical (unpaired) electrons. The van der Waals surface area contributed by atoms with Gasteiger partial charge >= 0.3 is 0 Å². The fourth-order valence-corrected chi connectivity index (χ4v) is 3.81. The maximum Gasteiger partial charge on any atom is 0.223 e. The highest BCUT2D eigenvalue weighted by atomic mass is 16.5. The van der Waals surface area contributed by atoms with Crippen LogP contribution in [-0.4, -0.2) is 23.6 Å². The molecule has 1 aromatic rings. The monoisotopic (exact) mass is 330 g/mol. The van der Waals surface area contributed by atoms with Gasteiger partial charge in [0.2, 0.25) is 5.91 Å². The highest BCUT2D eigenvalue weighted by molar-refractivity contribution is 5.78. The van der Waals surface area contributed by atoms with Crippen LogP contribution in [-0.2, 0) is 9.53 Å². The quantitative estimate of drug-likeness (QED) is 0.883. The molecule has 4 heteroatoms. The molecule has 1 saturated heterocycles. The lowest BCUT2D eigenvalue weighted by molar-refractivity contribution is -0.125. The average Bonchev–Trinajstić information content (AvgIpc) is 3.14. The highest BCUT2D eigenvalue weighted by Gasteiger charge is 2.31. The van der Waals surface area contributed by atoms with Gasteiger partial charge in [-0.25, -0.2) is 0 Å². The number of hydrogen-bond acceptors (Lipinski definition) is 3. The predicted octanol–water partition coefficient (Wildman–Crippen LogP) is 4.12. The number of pyridine rings is 1. The number of ether oxygens (including phenoxy) is 1. The minimum Gasteiger partial charge on any atom is -0.376 e. The molecule has 1 aromatic heterocycles. The van der Waals surface area contributed by atoms with Crippen molar-refractivity contribution < 1.29 is 9.53 Å². The van der Waals surface area contributed by atoms with E-state index in [0.717, 1.165) is 25.1 Å². The van der Waals surface area contributed by atoms with E-state index >= 15 is 0 Å². The SMILES string of the molecule is CC(C)C(=O)NC(c1cccc(C2CCCCC2)n1)C1CCCO1. The molecule has 132 valence electrons. The number of nitrogens with zero attached hydrogens (tertiary/aromatic N) is 1. The lowest BCUT2D eigenvalue weighted by Crippen LogP contribution is -2.38. The molecule has 1 saturated carbocycles. The molecule has 2 heterocycles. The Morgan fingerprint density at radius 2 is 1.96 bits per heavy atom. The van der Waals surface area contributed by atoms with Crippen molar-refractivity contribution in [3.63, 3.8) is 0 Å². The van der Waals surface area contributed by atoms with Gasteiger partial charge in [-0.2, -0.15) is 0 Å². The summed E-state index contributed by atoms with van der Waals surface area (Å²) < 4.78 is 5.88. The Bertz CT molecular complexity index is 546. The van der Waals surface area contributed by atoms with Crippen molar-refractivity contribution in [2.75, 3.05) is 6.61 Å². The van der Waals surface area contributed by atoms with Crippen LogP contribution in [0.15, 0.2) is 18.2 Å². The van der Waals surface area contributed by atoms with Crippen molar-refractivity contribution in [2.45, 2.75) is 76.9 Å². The van der Waals surface area contributed by atoms with Gasteiger partial charge in [-0.05, 0) is 37.8 Å². The molecule has 0 aromatic carbocycles. The first-order valence-corrected chi connectivity index (χ1v) is 9.54. The fourth-order valence-electron chi connectivity index (χ4n) is 3.81. The Morgan fingerprint density at radius 1 is 1.17 bits per heavy atom. The van der Waals surface area contributed by atoms with E-state index in [1.165, 1.54) is 37.8 Å². The third-order valence-corrected chi connectivity index (χ3v) is 5.29. The number of amides is 1. The molecule has 3 rings (SSSR count). The molecule has 4 nitrogen and oxygen atoms in total. The van der Waals surface area contributed by atoms with Gasteiger partial charge in [-0.3, -0.25) is 9.78 Å². The minimum atomic E-state index is -0.133. The average molecular weight is 330 g/mol. The van der Waals surface area contributed by atoms with Crippen molar-refractivity contribution in [3.8, 4) is 0 Å². The molecular formula is C20H30N2O2. The van der Waals surface area contributed by atoms with Crippen molar-refractivity contribution in [3.05, 3.63) is 29.6 Å². The van der Waals surface area contributed by atoms with Crippen LogP contribution in [0.25, 0.3) is 0 Å². The summed E-state index contributed by atoms with van der Waals surface area (Å²) in [5.41, 5.74) is 2.15. The zero-order valence-electron chi connectivity index (χ0n) is 15.0. The van der Waals surface area contributed by atoms with Gasteiger partial charge in [0.25, 0.3) is 0 Å². The molecular weight excluding hydrogens is 300 g/mol. The first-order chi connectivity index (χ1) is 11.6. The zero-order chi connectivity index (χ0) is 16.9. The van der Waals surface area contributed by atoms with Crippen LogP contribution in [0.4, 0.5) is 0 Å². The van der Waals surface area contributed by atoms with Crippen LogP contribution in [0.1, 0.15) is 82.1 Å². The molecule has 1 aliphatic carbocycles. The molecule has 2 fully saturated rings. The van der Waals surface area contributed by atoms with Crippen molar-refractivity contribution in [1.29, 1.82) is 0 Å². The normalized spacial score (nSPS) is 23.4. The summed E-state index contributed by atoms with van der Waals surface area (Å²) in [6.07, 6.45) is 8.50. The molecule has 1 aliphatic heterocycles. The molecule has 2 atom stereocenters. The molecule has 2 aliphatic rings. The summed E-state index contributed by atoms with van der Waals surface area (Å²) in [5, 5.41) is 3.18. The standard InChI is InChI=1S/C20H30N2O2/c1-14(2)20(23)22-19(18-12-7-13-24-18)17-11-6-10-16(21-17)15-8-4-3-5-9-15/h6,10-11,14-15,18-19H,3-5,7-9,12-13H2,1-2H3,(H,22,23). The van der Waals surface area contributed by atoms with Crippen LogP contribution >= 0.6 is 0 Å². The summed E-state index contributed by atoms with van der Waals surface area (Å²) in [6.45, 7) is 4.63. The Kier molecular flexibility index (Phi) is 5.88. The number of nitrogens with one attached hydrogen (secondary N) is 1. The predicted molar refractivity (Wildman–Crippen MR) is 94.8 cm³/mol. The minimum absolute atomic E-state index is 0.0320. The largest absolute Gasteiger partial charge is 0.376 e. The third-order valence-electron chi connectivity index (χ3n) is 5.29. The third kappa shape index (κ3) is 4.15. The first-order valence-electron chi connectivity index (χ1n) is 9.54. The van der Waals surface area contributed by atoms with Crippen molar-refractivity contribution in [1.82, 2.24) is 10.3 Å². The summed E-state index contributed by atoms with van der Waals surface area (Å²) >= 11 is 0. The lowest BCUT2D eigenvalue weighted by Gasteiger charge is -2.27. The fraction of sp³-hybridized carbons (Fsp3) is 0.700. The number of carbonyl (C=O) groups is 1. The van der Waals surface area contributed by atoms with Crippen LogP contribution in [0.2, 0.25) is 0 Å². The van der Waals surface area contributed by atoms with E-state index in [0.29, 0.717) is 5.92 Å². The second-order valence-electron chi connectivity index (χ2n) is 7.51. The maximum atomic E-state index is 12.3. The van der Waals surface area contributed by atoms with E-state index in [2.05, 4.69) is 17.4 Å². The van der Waals surface area contributed by atoms with Crippen LogP contribution in [0, 0.1) is 5.92 Å². The number of carbonyl (C=O) groups excluding carboxylic acids is 1. The van der Waals surface area contributed by atoms with Crippen molar-refractivity contribution in [2.24, 2.45) is 5.92 Å². The van der Waals surface area contributed by atoms with E-state index in [1.54, 1.807) is 0 Å². The van der Waals surface area contributed by atoms with Crippen LogP contribution in [0.3, 0.4) is 0 Å². The van der Waals surface area contributed by atoms with Gasteiger partial charge in [0.1, 0.15) is 0 Å². The second kappa shape index (κ2) is 8.11. The Balaban J connectivity index is 1.81. The molecule has 0 spiro atoms. The number of rotatable bonds is 5. The summed E-state index contributed by atoms with van der Waals surface area (Å²) in [4.78, 5) is 17.2. The molecule has 24 heavy (non-hydrogen) atoms. The van der Waals surface area contributed by atoms with Gasteiger partial charge in [0.15, 0.2) is 0 Å². The number of hydrogen-bond donors (Lipinski definition) is 1. The summed E-state index contributed by atoms with van der Waals surface area (Å²) in [7, 11) is 0. The highest BCUT2D eigenvalue weighted by Crippen LogP contribution is 2.33. The van der Waals surface area contributed by atoms with Crippen molar-refractivity contribution >= 4 is 5.91 Å². The van der Waals surface area contributed by atoms with Gasteiger partial charge in [-0.1, -0.05) is 39.2 Å². The van der Waals surface area contributed by atoms with E-state index in [1.807, 2.05) is 19.9 Å². The second-order valence-corrected chi connectivity index (χ2v) is 7.51. The maximum absolute atomic E-state index is 12.3. The first kappa shape index (κ1) is 17.4. The Labute approximate surface area is 145 Å². The zero-order valence-corrected chi connectivity index (χ0v) is 15.0. The van der Waals surface area contributed by atoms with Gasteiger partial charge < -0.3 is 10.1 Å². The molecule has 1 N–H and O–H groups in total. The van der Waals surface area contributed by atoms with E-state index in [-0.39, 0.29) is 24.0 Å². The lowest BCUT2D eigenvalue weighted by atomic mass is 9.86. The van der Waals surface area contributed by atoms with Gasteiger partial charge in [0, 0.05) is 24.1 Å². The summed E-state index contributed by atoms with van der Waals surface area (Å²) in [5.74, 6) is 0.612. The topological polar surface area (TPSA) is 51.2 Å². The van der Waals surface area contributed by atoms with Gasteiger partial charge in [-0.15, -0.1) is 0 Å². The Morgan fingerprint density at radius 3 is 2.62 bits per heavy atom. The number of aromatic nitrogens is 1. The molecule has 0 bridgehead atoms. The summed E-state index contributed by atoms with van der Waals surface area (Å²) in [6, 6.07) is 6.15. The van der Waals surface area contributed by atoms with E-state index in [9.17, 15) is 4.79 Å². The van der Waals surface area contributed by atoms with E-state index in [4.69, 9.17) is 9.72 Å². The Hall–Kier alpha value is -1.42.